The number of carbonyl (C=O) groups excluding carboxylic acids is 1. The quantitative estimate of drug-likeness (QED) is 0.358. The van der Waals surface area contributed by atoms with E-state index in [0.717, 1.165) is 33.6 Å². The lowest BCUT2D eigenvalue weighted by Crippen LogP contribution is -2.49. The second kappa shape index (κ2) is 9.77. The van der Waals surface area contributed by atoms with Gasteiger partial charge in [0.05, 0.1) is 18.2 Å². The highest BCUT2D eigenvalue weighted by molar-refractivity contribution is 5.93. The van der Waals surface area contributed by atoms with E-state index in [1.807, 2.05) is 83.3 Å². The topological polar surface area (TPSA) is 85.1 Å². The first kappa shape index (κ1) is 22.8. The number of rotatable bonds is 5. The van der Waals surface area contributed by atoms with Crippen LogP contribution in [0.1, 0.15) is 5.56 Å². The van der Waals surface area contributed by atoms with E-state index in [2.05, 4.69) is 15.1 Å². The van der Waals surface area contributed by atoms with Gasteiger partial charge in [0.15, 0.2) is 11.5 Å². The summed E-state index contributed by atoms with van der Waals surface area (Å²) in [4.78, 5) is 21.6. The van der Waals surface area contributed by atoms with Crippen LogP contribution in [-0.2, 0) is 11.3 Å². The summed E-state index contributed by atoms with van der Waals surface area (Å²) in [5, 5.41) is 10.0. The molecule has 6 rings (SSSR count). The van der Waals surface area contributed by atoms with Crippen LogP contribution in [0.4, 0.5) is 10.7 Å². The third-order valence-corrected chi connectivity index (χ3v) is 6.60. The molecule has 0 unspecified atom stereocenters. The Kier molecular flexibility index (Phi) is 6.02. The molecule has 1 amide bonds. The van der Waals surface area contributed by atoms with Gasteiger partial charge in [-0.1, -0.05) is 54.6 Å². The first-order valence-corrected chi connectivity index (χ1v) is 12.2. The van der Waals surface area contributed by atoms with Gasteiger partial charge in [0.2, 0.25) is 5.95 Å². The number of carbonyl (C=O) groups is 1. The first-order chi connectivity index (χ1) is 18.2. The zero-order valence-electron chi connectivity index (χ0n) is 20.4. The average Bonchev–Trinajstić information content (AvgIpc) is 3.41. The van der Waals surface area contributed by atoms with Gasteiger partial charge in [-0.2, -0.15) is 0 Å². The molecule has 9 nitrogen and oxygen atoms in total. The van der Waals surface area contributed by atoms with E-state index in [9.17, 15) is 4.79 Å². The summed E-state index contributed by atoms with van der Waals surface area (Å²) in [5.74, 6) is 2.10. The van der Waals surface area contributed by atoms with Gasteiger partial charge in [0, 0.05) is 31.6 Å². The van der Waals surface area contributed by atoms with Gasteiger partial charge in [-0.15, -0.1) is 10.2 Å². The zero-order valence-corrected chi connectivity index (χ0v) is 20.4. The van der Waals surface area contributed by atoms with E-state index >= 15 is 0 Å². The Balaban J connectivity index is 1.31. The maximum absolute atomic E-state index is 12.7. The maximum atomic E-state index is 12.7. The van der Waals surface area contributed by atoms with Gasteiger partial charge >= 0.3 is 6.09 Å². The molecule has 0 N–H and O–H groups in total. The van der Waals surface area contributed by atoms with Crippen molar-refractivity contribution < 1.29 is 14.3 Å². The third kappa shape index (κ3) is 4.29. The summed E-state index contributed by atoms with van der Waals surface area (Å²) < 4.78 is 13.1. The number of benzene rings is 3. The minimum Gasteiger partial charge on any atom is -0.496 e. The van der Waals surface area contributed by atoms with Crippen molar-refractivity contribution in [3.63, 3.8) is 0 Å². The number of piperazine rings is 1. The minimum absolute atomic E-state index is 0.260. The monoisotopic (exact) mass is 494 g/mol. The summed E-state index contributed by atoms with van der Waals surface area (Å²) in [6.45, 7) is 2.51. The van der Waals surface area contributed by atoms with E-state index in [4.69, 9.17) is 14.5 Å². The summed E-state index contributed by atoms with van der Waals surface area (Å²) in [6.07, 6.45) is -0.306. The molecule has 0 saturated carbocycles. The predicted molar refractivity (Wildman–Crippen MR) is 141 cm³/mol. The highest BCUT2D eigenvalue weighted by Crippen LogP contribution is 2.33. The van der Waals surface area contributed by atoms with E-state index in [1.54, 1.807) is 12.0 Å². The molecule has 0 aliphatic carbocycles. The van der Waals surface area contributed by atoms with Gasteiger partial charge in [-0.05, 0) is 29.8 Å². The van der Waals surface area contributed by atoms with Crippen LogP contribution in [0.15, 0.2) is 78.9 Å². The molecule has 9 heteroatoms. The number of para-hydroxylation sites is 2. The van der Waals surface area contributed by atoms with Crippen LogP contribution in [0.25, 0.3) is 27.9 Å². The highest BCUT2D eigenvalue weighted by Gasteiger charge is 2.27. The molecule has 3 aromatic carbocycles. The first-order valence-electron chi connectivity index (χ1n) is 12.2. The number of hydrogen-bond donors (Lipinski definition) is 0. The minimum atomic E-state index is -0.306. The number of ether oxygens (including phenoxy) is 2. The smallest absolute Gasteiger partial charge is 0.410 e. The Hall–Kier alpha value is -4.66. The molecule has 37 heavy (non-hydrogen) atoms. The van der Waals surface area contributed by atoms with Crippen molar-refractivity contribution in [2.45, 2.75) is 6.61 Å². The fourth-order valence-electron chi connectivity index (χ4n) is 4.68. The van der Waals surface area contributed by atoms with Crippen molar-refractivity contribution in [3.05, 3.63) is 84.4 Å². The van der Waals surface area contributed by atoms with Crippen molar-refractivity contribution >= 4 is 28.6 Å². The van der Waals surface area contributed by atoms with Gasteiger partial charge in [0.25, 0.3) is 0 Å². The number of hydrogen-bond acceptors (Lipinski definition) is 7. The number of amides is 1. The lowest BCUT2D eigenvalue weighted by Gasteiger charge is -2.35. The molecule has 186 valence electrons. The number of methoxy groups -OCH3 is 1. The Morgan fingerprint density at radius 3 is 2.41 bits per heavy atom. The highest BCUT2D eigenvalue weighted by atomic mass is 16.6. The summed E-state index contributed by atoms with van der Waals surface area (Å²) in [6, 6.07) is 25.4. The Bertz CT molecular complexity index is 1560. The van der Waals surface area contributed by atoms with Crippen molar-refractivity contribution in [1.82, 2.24) is 24.5 Å². The SMILES string of the molecule is COc1ccccc1-c1nnc2c3ccccc3nc(N3CCN(C(=O)OCc4ccccc4)CC3)n12. The van der Waals surface area contributed by atoms with Crippen LogP contribution in [0.3, 0.4) is 0 Å². The van der Waals surface area contributed by atoms with Crippen molar-refractivity contribution in [2.75, 3.05) is 38.2 Å². The number of aromatic nitrogens is 4. The third-order valence-electron chi connectivity index (χ3n) is 6.60. The van der Waals surface area contributed by atoms with E-state index in [-0.39, 0.29) is 12.7 Å². The molecule has 1 aliphatic heterocycles. The van der Waals surface area contributed by atoms with Crippen LogP contribution in [0, 0.1) is 0 Å². The number of anilines is 1. The molecule has 0 spiro atoms. The lowest BCUT2D eigenvalue weighted by atomic mass is 10.2. The van der Waals surface area contributed by atoms with Crippen molar-refractivity contribution in [3.8, 4) is 17.1 Å². The molecule has 0 radical (unpaired) electrons. The normalized spacial score (nSPS) is 13.8. The second-order valence-electron chi connectivity index (χ2n) is 8.83. The summed E-state index contributed by atoms with van der Waals surface area (Å²) >= 11 is 0. The zero-order chi connectivity index (χ0) is 25.2. The lowest BCUT2D eigenvalue weighted by molar-refractivity contribution is 0.0940. The van der Waals surface area contributed by atoms with Crippen LogP contribution in [0.2, 0.25) is 0 Å². The number of nitrogens with zero attached hydrogens (tertiary/aromatic N) is 6. The molecular formula is C28H26N6O3. The van der Waals surface area contributed by atoms with Gasteiger partial charge in [-0.25, -0.2) is 14.2 Å². The fourth-order valence-corrected chi connectivity index (χ4v) is 4.68. The average molecular weight is 495 g/mol. The fraction of sp³-hybridized carbons (Fsp3) is 0.214. The summed E-state index contributed by atoms with van der Waals surface area (Å²) in [7, 11) is 1.65. The number of fused-ring (bicyclic) bond motifs is 3. The maximum Gasteiger partial charge on any atom is 0.410 e. The van der Waals surface area contributed by atoms with Crippen LogP contribution >= 0.6 is 0 Å². The van der Waals surface area contributed by atoms with Gasteiger partial charge in [0.1, 0.15) is 12.4 Å². The predicted octanol–water partition coefficient (Wildman–Crippen LogP) is 4.41. The molecule has 1 aliphatic rings. The van der Waals surface area contributed by atoms with Crippen LogP contribution in [0.5, 0.6) is 5.75 Å². The van der Waals surface area contributed by atoms with E-state index < -0.39 is 0 Å². The molecule has 1 saturated heterocycles. The molecule has 0 bridgehead atoms. The molecule has 2 aromatic heterocycles. The van der Waals surface area contributed by atoms with E-state index in [1.165, 1.54) is 0 Å². The second-order valence-corrected chi connectivity index (χ2v) is 8.83. The van der Waals surface area contributed by atoms with E-state index in [0.29, 0.717) is 37.8 Å². The molecule has 5 aromatic rings. The Labute approximate surface area is 213 Å². The molecule has 1 fully saturated rings. The van der Waals surface area contributed by atoms with Gasteiger partial charge < -0.3 is 19.3 Å². The molecular weight excluding hydrogens is 468 g/mol. The van der Waals surface area contributed by atoms with Crippen LogP contribution in [-0.4, -0.2) is 63.9 Å². The molecule has 0 atom stereocenters. The largest absolute Gasteiger partial charge is 0.496 e. The Morgan fingerprint density at radius 2 is 1.59 bits per heavy atom. The van der Waals surface area contributed by atoms with Gasteiger partial charge in [-0.3, -0.25) is 0 Å². The Morgan fingerprint density at radius 1 is 0.865 bits per heavy atom. The summed E-state index contributed by atoms with van der Waals surface area (Å²) in [5.41, 5.74) is 3.37. The van der Waals surface area contributed by atoms with Crippen LogP contribution < -0.4 is 9.64 Å². The van der Waals surface area contributed by atoms with Crippen molar-refractivity contribution in [2.24, 2.45) is 0 Å². The van der Waals surface area contributed by atoms with Crippen molar-refractivity contribution in [1.29, 1.82) is 0 Å². The standard InChI is InChI=1S/C28H26N6O3/c1-36-24-14-8-6-12-22(24)26-31-30-25-21-11-5-7-13-23(21)29-27(34(25)26)32-15-17-33(18-16-32)28(35)37-19-20-9-3-2-4-10-20/h2-14H,15-19H2,1H3. The molecule has 3 heterocycles.